The maximum atomic E-state index is 13.1. The zero-order valence-electron chi connectivity index (χ0n) is 12.8. The third-order valence-electron chi connectivity index (χ3n) is 3.96. The highest BCUT2D eigenvalue weighted by Crippen LogP contribution is 2.40. The maximum absolute atomic E-state index is 13.1. The highest BCUT2D eigenvalue weighted by Gasteiger charge is 2.48. The van der Waals surface area contributed by atoms with Gasteiger partial charge in [0.15, 0.2) is 0 Å². The van der Waals surface area contributed by atoms with E-state index in [1.807, 2.05) is 0 Å². The molecule has 24 heavy (non-hydrogen) atoms. The second-order valence-corrected chi connectivity index (χ2v) is 5.95. The molecule has 0 amide bonds. The maximum Gasteiger partial charge on any atom is 0.397 e. The molecule has 0 saturated heterocycles. The predicted octanol–water partition coefficient (Wildman–Crippen LogP) is 2.74. The molecule has 2 heterocycles. The number of halogens is 3. The van der Waals surface area contributed by atoms with Crippen molar-refractivity contribution < 1.29 is 17.8 Å². The summed E-state index contributed by atoms with van der Waals surface area (Å²) in [6.45, 7) is 2.25. The van der Waals surface area contributed by atoms with Crippen LogP contribution in [0.4, 0.5) is 13.2 Å². The molecule has 0 spiro atoms. The molecule has 0 aliphatic carbocycles. The third kappa shape index (κ3) is 2.77. The third-order valence-corrected chi connectivity index (χ3v) is 3.96. The standard InChI is InChI=1S/C15H13F3N4O2/c1-14(2,15(16,17)18)9-5-3-8(4-6-9)7-10-13(23)20-12-11(19-10)21-24-22-12/h3-6H,7H2,1-2H3,(H,20,22,23). The van der Waals surface area contributed by atoms with Crippen molar-refractivity contribution in [3.05, 3.63) is 51.4 Å². The molecule has 0 aliphatic rings. The number of H-pyrrole nitrogens is 1. The molecule has 9 heteroatoms. The molecule has 0 saturated carbocycles. The first-order chi connectivity index (χ1) is 11.2. The Hall–Kier alpha value is -2.71. The zero-order chi connectivity index (χ0) is 17.5. The average molecular weight is 338 g/mol. The molecular weight excluding hydrogens is 325 g/mol. The topological polar surface area (TPSA) is 84.7 Å². The van der Waals surface area contributed by atoms with Gasteiger partial charge in [0.25, 0.3) is 5.56 Å². The number of benzene rings is 1. The van der Waals surface area contributed by atoms with Gasteiger partial charge in [-0.15, -0.1) is 0 Å². The van der Waals surface area contributed by atoms with Crippen molar-refractivity contribution in [3.63, 3.8) is 0 Å². The fourth-order valence-corrected chi connectivity index (χ4v) is 2.21. The average Bonchev–Trinajstić information content (AvgIpc) is 2.94. The fourth-order valence-electron chi connectivity index (χ4n) is 2.21. The van der Waals surface area contributed by atoms with Crippen molar-refractivity contribution in [1.82, 2.24) is 20.3 Å². The van der Waals surface area contributed by atoms with E-state index >= 15 is 0 Å². The zero-order valence-corrected chi connectivity index (χ0v) is 12.8. The van der Waals surface area contributed by atoms with Crippen LogP contribution in [0, 0.1) is 0 Å². The molecule has 1 aromatic carbocycles. The van der Waals surface area contributed by atoms with Crippen molar-refractivity contribution in [2.75, 3.05) is 0 Å². The lowest BCUT2D eigenvalue weighted by atomic mass is 9.83. The molecule has 0 aliphatic heterocycles. The van der Waals surface area contributed by atoms with Crippen LogP contribution in [0.25, 0.3) is 11.3 Å². The Kier molecular flexibility index (Phi) is 3.66. The van der Waals surface area contributed by atoms with Gasteiger partial charge >= 0.3 is 6.18 Å². The summed E-state index contributed by atoms with van der Waals surface area (Å²) in [5.74, 6) is 0. The van der Waals surface area contributed by atoms with E-state index in [0.29, 0.717) is 5.56 Å². The van der Waals surface area contributed by atoms with Gasteiger partial charge < -0.3 is 0 Å². The Morgan fingerprint density at radius 2 is 1.79 bits per heavy atom. The summed E-state index contributed by atoms with van der Waals surface area (Å²) in [5, 5.41) is 7.02. The Balaban J connectivity index is 1.88. The minimum absolute atomic E-state index is 0.144. The Labute approximate surface area is 133 Å². The van der Waals surface area contributed by atoms with Crippen molar-refractivity contribution in [2.24, 2.45) is 0 Å². The number of nitrogens with zero attached hydrogens (tertiary/aromatic N) is 3. The SMILES string of the molecule is CC(C)(c1ccc(Cc2nc3nonc3[nH]c2=O)cc1)C(F)(F)F. The quantitative estimate of drug-likeness (QED) is 0.794. The second kappa shape index (κ2) is 5.43. The minimum Gasteiger partial charge on any atom is -0.299 e. The molecule has 2 aromatic heterocycles. The van der Waals surface area contributed by atoms with Gasteiger partial charge in [0, 0.05) is 6.42 Å². The Bertz CT molecular complexity index is 926. The normalized spacial score (nSPS) is 12.7. The van der Waals surface area contributed by atoms with Crippen molar-refractivity contribution in [3.8, 4) is 0 Å². The van der Waals surface area contributed by atoms with Crippen molar-refractivity contribution in [1.29, 1.82) is 0 Å². The van der Waals surface area contributed by atoms with Crippen LogP contribution in [0.15, 0.2) is 33.7 Å². The number of hydrogen-bond acceptors (Lipinski definition) is 5. The van der Waals surface area contributed by atoms with Crippen LogP contribution in [0.1, 0.15) is 30.7 Å². The molecule has 3 aromatic rings. The number of fused-ring (bicyclic) bond motifs is 1. The highest BCUT2D eigenvalue weighted by atomic mass is 19.4. The van der Waals surface area contributed by atoms with Gasteiger partial charge in [0.05, 0.1) is 5.41 Å². The first-order valence-corrected chi connectivity index (χ1v) is 7.06. The minimum atomic E-state index is -4.35. The van der Waals surface area contributed by atoms with Crippen LogP contribution >= 0.6 is 0 Å². The molecule has 0 fully saturated rings. The predicted molar refractivity (Wildman–Crippen MR) is 78.5 cm³/mol. The van der Waals surface area contributed by atoms with Crippen LogP contribution in [-0.4, -0.2) is 26.5 Å². The lowest BCUT2D eigenvalue weighted by Gasteiger charge is -2.28. The molecule has 0 atom stereocenters. The van der Waals surface area contributed by atoms with E-state index < -0.39 is 17.2 Å². The summed E-state index contributed by atoms with van der Waals surface area (Å²) in [7, 11) is 0. The van der Waals surface area contributed by atoms with Crippen LogP contribution in [0.2, 0.25) is 0 Å². The largest absolute Gasteiger partial charge is 0.397 e. The van der Waals surface area contributed by atoms with Gasteiger partial charge in [-0.25, -0.2) is 9.61 Å². The summed E-state index contributed by atoms with van der Waals surface area (Å²) in [4.78, 5) is 18.4. The van der Waals surface area contributed by atoms with Gasteiger partial charge in [-0.05, 0) is 35.3 Å². The molecular formula is C15H13F3N4O2. The number of nitrogens with one attached hydrogen (secondary N) is 1. The van der Waals surface area contributed by atoms with Crippen LogP contribution < -0.4 is 5.56 Å². The first-order valence-electron chi connectivity index (χ1n) is 7.06. The monoisotopic (exact) mass is 338 g/mol. The first kappa shape index (κ1) is 16.2. The number of rotatable bonds is 3. The number of aromatic amines is 1. The molecule has 1 N–H and O–H groups in total. The lowest BCUT2D eigenvalue weighted by Crippen LogP contribution is -2.36. The van der Waals surface area contributed by atoms with E-state index in [2.05, 4.69) is 24.9 Å². The molecule has 0 unspecified atom stereocenters. The highest BCUT2D eigenvalue weighted by molar-refractivity contribution is 5.62. The summed E-state index contributed by atoms with van der Waals surface area (Å²) in [6.07, 6.45) is -4.19. The molecule has 0 bridgehead atoms. The summed E-state index contributed by atoms with van der Waals surface area (Å²) >= 11 is 0. The second-order valence-electron chi connectivity index (χ2n) is 5.95. The van der Waals surface area contributed by atoms with E-state index in [-0.39, 0.29) is 29.0 Å². The van der Waals surface area contributed by atoms with Crippen LogP contribution in [-0.2, 0) is 11.8 Å². The van der Waals surface area contributed by atoms with Gasteiger partial charge in [0.1, 0.15) is 5.69 Å². The smallest absolute Gasteiger partial charge is 0.299 e. The van der Waals surface area contributed by atoms with Gasteiger partial charge in [-0.2, -0.15) is 13.2 Å². The van der Waals surface area contributed by atoms with Crippen LogP contribution in [0.3, 0.4) is 0 Å². The lowest BCUT2D eigenvalue weighted by molar-refractivity contribution is -0.180. The van der Waals surface area contributed by atoms with Gasteiger partial charge in [-0.1, -0.05) is 24.3 Å². The molecule has 0 radical (unpaired) electrons. The summed E-state index contributed by atoms with van der Waals surface area (Å²) in [6, 6.07) is 5.92. The van der Waals surface area contributed by atoms with E-state index in [0.717, 1.165) is 13.8 Å². The Morgan fingerprint density at radius 1 is 1.12 bits per heavy atom. The van der Waals surface area contributed by atoms with Crippen molar-refractivity contribution in [2.45, 2.75) is 31.9 Å². The van der Waals surface area contributed by atoms with Gasteiger partial charge in [-0.3, -0.25) is 9.78 Å². The van der Waals surface area contributed by atoms with E-state index in [1.54, 1.807) is 12.1 Å². The summed E-state index contributed by atoms with van der Waals surface area (Å²) < 4.78 is 43.7. The number of alkyl halides is 3. The van der Waals surface area contributed by atoms with E-state index in [4.69, 9.17) is 0 Å². The fraction of sp³-hybridized carbons (Fsp3) is 0.333. The molecule has 126 valence electrons. The molecule has 3 rings (SSSR count). The summed E-state index contributed by atoms with van der Waals surface area (Å²) in [5.41, 5.74) is -1.10. The number of aromatic nitrogens is 4. The van der Waals surface area contributed by atoms with E-state index in [1.165, 1.54) is 12.1 Å². The van der Waals surface area contributed by atoms with Crippen molar-refractivity contribution >= 4 is 11.3 Å². The van der Waals surface area contributed by atoms with Gasteiger partial charge in [0.2, 0.25) is 11.3 Å². The van der Waals surface area contributed by atoms with Crippen LogP contribution in [0.5, 0.6) is 0 Å². The Morgan fingerprint density at radius 3 is 2.42 bits per heavy atom. The number of hydrogen-bond donors (Lipinski definition) is 1. The van der Waals surface area contributed by atoms with E-state index in [9.17, 15) is 18.0 Å². The molecule has 6 nitrogen and oxygen atoms in total.